The summed E-state index contributed by atoms with van der Waals surface area (Å²) in [6, 6.07) is 28.4. The number of nitrogens with zero attached hydrogens (tertiary/aromatic N) is 2. The van der Waals surface area contributed by atoms with Crippen molar-refractivity contribution in [2.24, 2.45) is 0 Å². The minimum Gasteiger partial charge on any atom is -0.355 e. The van der Waals surface area contributed by atoms with E-state index in [4.69, 9.17) is 0 Å². The van der Waals surface area contributed by atoms with Crippen LogP contribution in [0.25, 0.3) is 46.4 Å². The molecule has 0 saturated heterocycles. The van der Waals surface area contributed by atoms with Crippen molar-refractivity contribution in [3.8, 4) is 0 Å². The second-order valence-electron chi connectivity index (χ2n) is 7.06. The summed E-state index contributed by atoms with van der Waals surface area (Å²) < 4.78 is 0. The first-order chi connectivity index (χ1) is 14.8. The molecule has 0 aliphatic carbocycles. The Morgan fingerprint density at radius 3 is 0.935 bits per heavy atom. The summed E-state index contributed by atoms with van der Waals surface area (Å²) in [6.07, 6.45) is 8.09. The van der Waals surface area contributed by atoms with Crippen molar-refractivity contribution >= 4 is 46.4 Å². The van der Waals surface area contributed by atoms with Crippen molar-refractivity contribution in [2.45, 2.75) is 0 Å². The van der Waals surface area contributed by atoms with Crippen LogP contribution in [-0.4, -0.2) is 19.9 Å². The Morgan fingerprint density at radius 2 is 0.677 bits per heavy atom. The zero-order valence-electron chi connectivity index (χ0n) is 16.6. The summed E-state index contributed by atoms with van der Waals surface area (Å²) in [5.74, 6) is 0. The molecular weight excluding hydrogens is 476 g/mol. The minimum atomic E-state index is 0. The van der Waals surface area contributed by atoms with Gasteiger partial charge < -0.3 is 9.97 Å². The number of hydrogen-bond acceptors (Lipinski definition) is 2. The van der Waals surface area contributed by atoms with E-state index >= 15 is 0 Å². The molecule has 4 nitrogen and oxygen atoms in total. The molecule has 8 bridgehead atoms. The van der Waals surface area contributed by atoms with Crippen LogP contribution in [0.15, 0.2) is 84.9 Å². The molecular formula is C26H20AgN4. The monoisotopic (exact) mass is 495 g/mol. The third-order valence-electron chi connectivity index (χ3n) is 4.71. The van der Waals surface area contributed by atoms with E-state index in [2.05, 4.69) is 44.2 Å². The van der Waals surface area contributed by atoms with Crippen LogP contribution in [0, 0.1) is 0 Å². The Labute approximate surface area is 196 Å². The van der Waals surface area contributed by atoms with Crippen molar-refractivity contribution in [2.75, 3.05) is 0 Å². The molecule has 2 aliphatic heterocycles. The van der Waals surface area contributed by atoms with E-state index in [1.54, 1.807) is 0 Å². The van der Waals surface area contributed by atoms with Crippen molar-refractivity contribution in [3.05, 3.63) is 108 Å². The predicted molar refractivity (Wildman–Crippen MR) is 125 cm³/mol. The Bertz CT molecular complexity index is 1190. The molecule has 1 radical (unpaired) electrons. The molecule has 31 heavy (non-hydrogen) atoms. The first kappa shape index (κ1) is 20.8. The fourth-order valence-corrected chi connectivity index (χ4v) is 3.33. The van der Waals surface area contributed by atoms with Gasteiger partial charge in [-0.1, -0.05) is 36.4 Å². The molecule has 4 aromatic rings. The standard InChI is InChI=1S/C20H14N4.C6H6.Ag/c1-2-14-10-16-5-6-18(23-16)12-20-8-7-19(24-20)11-17-4-3-15(22-17)9-13(1)21-14;1-2-4-6-5-3-1;/h1-12,21,24H;1-6H;. The summed E-state index contributed by atoms with van der Waals surface area (Å²) in [5, 5.41) is 0. The van der Waals surface area contributed by atoms with E-state index < -0.39 is 0 Å². The average Bonchev–Trinajstić information content (AvgIpc) is 3.56. The van der Waals surface area contributed by atoms with Gasteiger partial charge >= 0.3 is 0 Å². The summed E-state index contributed by atoms with van der Waals surface area (Å²) in [7, 11) is 0. The van der Waals surface area contributed by atoms with Gasteiger partial charge in [0.25, 0.3) is 0 Å². The SMILES string of the molecule is C1=Cc2cc3ccc(cc4nc(cc5ccc(cc1n2)[nH]5)C=C4)[nH]3.[Ag].c1ccccc1. The van der Waals surface area contributed by atoms with Crippen molar-refractivity contribution in [1.29, 1.82) is 0 Å². The molecule has 2 aliphatic rings. The fourth-order valence-electron chi connectivity index (χ4n) is 3.33. The Balaban J connectivity index is 0.000000288. The van der Waals surface area contributed by atoms with Crippen LogP contribution < -0.4 is 0 Å². The number of benzene rings is 1. The van der Waals surface area contributed by atoms with Crippen LogP contribution >= 0.6 is 0 Å². The maximum atomic E-state index is 4.63. The van der Waals surface area contributed by atoms with E-state index in [1.165, 1.54) is 0 Å². The molecule has 5 heterocycles. The number of aromatic nitrogens is 4. The zero-order valence-corrected chi connectivity index (χ0v) is 18.1. The Kier molecular flexibility index (Phi) is 6.43. The van der Waals surface area contributed by atoms with Crippen LogP contribution in [0.2, 0.25) is 0 Å². The normalized spacial score (nSPS) is 11.4. The van der Waals surface area contributed by atoms with Gasteiger partial charge in [-0.25, -0.2) is 9.97 Å². The predicted octanol–water partition coefficient (Wildman–Crippen LogP) is 6.34. The molecule has 6 rings (SSSR count). The summed E-state index contributed by atoms with van der Waals surface area (Å²) >= 11 is 0. The van der Waals surface area contributed by atoms with Gasteiger partial charge in [0.15, 0.2) is 0 Å². The number of hydrogen-bond donors (Lipinski definition) is 2. The van der Waals surface area contributed by atoms with Crippen molar-refractivity contribution < 1.29 is 22.4 Å². The van der Waals surface area contributed by atoms with Gasteiger partial charge in [0, 0.05) is 44.4 Å². The number of aromatic amines is 2. The van der Waals surface area contributed by atoms with Crippen LogP contribution in [0.4, 0.5) is 0 Å². The summed E-state index contributed by atoms with van der Waals surface area (Å²) in [4.78, 5) is 16.0. The fraction of sp³-hybridized carbons (Fsp3) is 0. The zero-order chi connectivity index (χ0) is 20.2. The van der Waals surface area contributed by atoms with Crippen LogP contribution in [0.5, 0.6) is 0 Å². The Morgan fingerprint density at radius 1 is 0.419 bits per heavy atom. The molecule has 1 aromatic carbocycles. The first-order valence-corrected chi connectivity index (χ1v) is 9.85. The van der Waals surface area contributed by atoms with E-state index in [1.807, 2.05) is 85.0 Å². The second-order valence-corrected chi connectivity index (χ2v) is 7.06. The molecule has 0 amide bonds. The molecule has 0 unspecified atom stereocenters. The molecule has 3 aromatic heterocycles. The molecule has 0 spiro atoms. The average molecular weight is 496 g/mol. The largest absolute Gasteiger partial charge is 0.355 e. The minimum absolute atomic E-state index is 0. The van der Waals surface area contributed by atoms with Crippen LogP contribution in [0.1, 0.15) is 22.8 Å². The number of rotatable bonds is 0. The number of nitrogens with one attached hydrogen (secondary N) is 2. The van der Waals surface area contributed by atoms with E-state index in [0.717, 1.165) is 44.8 Å². The maximum Gasteiger partial charge on any atom is 0.0658 e. The van der Waals surface area contributed by atoms with Gasteiger partial charge in [0.05, 0.1) is 22.8 Å². The van der Waals surface area contributed by atoms with E-state index in [-0.39, 0.29) is 22.4 Å². The van der Waals surface area contributed by atoms with Gasteiger partial charge in [0.1, 0.15) is 0 Å². The van der Waals surface area contributed by atoms with Gasteiger partial charge in [-0.3, -0.25) is 0 Å². The second kappa shape index (κ2) is 9.58. The van der Waals surface area contributed by atoms with Gasteiger partial charge in [-0.05, 0) is 72.8 Å². The number of H-pyrrole nitrogens is 2. The third kappa shape index (κ3) is 5.38. The summed E-state index contributed by atoms with van der Waals surface area (Å²) in [5.41, 5.74) is 7.86. The quantitative estimate of drug-likeness (QED) is 0.241. The van der Waals surface area contributed by atoms with Crippen LogP contribution in [0.3, 0.4) is 0 Å². The van der Waals surface area contributed by atoms with E-state index in [9.17, 15) is 0 Å². The number of fused-ring (bicyclic) bond motifs is 8. The summed E-state index contributed by atoms with van der Waals surface area (Å²) in [6.45, 7) is 0. The molecule has 2 N–H and O–H groups in total. The van der Waals surface area contributed by atoms with Crippen molar-refractivity contribution in [1.82, 2.24) is 19.9 Å². The Hall–Kier alpha value is -3.44. The van der Waals surface area contributed by atoms with E-state index in [0.29, 0.717) is 0 Å². The molecule has 155 valence electrons. The van der Waals surface area contributed by atoms with Gasteiger partial charge in [0.2, 0.25) is 0 Å². The molecule has 0 atom stereocenters. The maximum absolute atomic E-state index is 4.63. The van der Waals surface area contributed by atoms with Gasteiger partial charge in [-0.15, -0.1) is 0 Å². The smallest absolute Gasteiger partial charge is 0.0658 e. The van der Waals surface area contributed by atoms with Crippen LogP contribution in [-0.2, 0) is 22.4 Å². The molecule has 0 fully saturated rings. The third-order valence-corrected chi connectivity index (χ3v) is 4.71. The van der Waals surface area contributed by atoms with Gasteiger partial charge in [-0.2, -0.15) is 0 Å². The van der Waals surface area contributed by atoms with Crippen molar-refractivity contribution in [3.63, 3.8) is 0 Å². The topological polar surface area (TPSA) is 57.4 Å². The first-order valence-electron chi connectivity index (χ1n) is 9.85. The molecule has 0 saturated carbocycles. The molecule has 5 heteroatoms.